The fourth-order valence-corrected chi connectivity index (χ4v) is 1.58. The van der Waals surface area contributed by atoms with Crippen molar-refractivity contribution in [3.63, 3.8) is 0 Å². The second-order valence-electron chi connectivity index (χ2n) is 3.66. The van der Waals surface area contributed by atoms with Gasteiger partial charge in [0, 0.05) is 25.0 Å². The van der Waals surface area contributed by atoms with Crippen molar-refractivity contribution in [2.45, 2.75) is 6.54 Å². The maximum absolute atomic E-state index is 5.27. The molecule has 0 aliphatic rings. The molecule has 0 N–H and O–H groups in total. The van der Waals surface area contributed by atoms with Crippen LogP contribution in [0.25, 0.3) is 0 Å². The van der Waals surface area contributed by atoms with Crippen molar-refractivity contribution < 1.29 is 4.74 Å². The molecule has 0 saturated carbocycles. The molecule has 1 aromatic carbocycles. The molecule has 2 aromatic rings. The maximum atomic E-state index is 5.27. The van der Waals surface area contributed by atoms with Crippen LogP contribution in [0.15, 0.2) is 41.5 Å². The number of para-hydroxylation sites is 1. The summed E-state index contributed by atoms with van der Waals surface area (Å²) in [4.78, 5) is 4.39. The summed E-state index contributed by atoms with van der Waals surface area (Å²) in [5.41, 5.74) is 2.06. The summed E-state index contributed by atoms with van der Waals surface area (Å²) in [6, 6.07) is 9.81. The molecule has 4 nitrogen and oxygen atoms in total. The Morgan fingerprint density at radius 2 is 2.18 bits per heavy atom. The first-order chi connectivity index (χ1) is 8.31. The van der Waals surface area contributed by atoms with E-state index in [9.17, 15) is 0 Å². The van der Waals surface area contributed by atoms with Gasteiger partial charge in [0.15, 0.2) is 0 Å². The molecule has 0 bridgehead atoms. The lowest BCUT2D eigenvalue weighted by Crippen LogP contribution is -1.97. The minimum absolute atomic E-state index is 0.606. The average molecular weight is 229 g/mol. The number of ether oxygens (including phenoxy) is 1. The van der Waals surface area contributed by atoms with E-state index in [2.05, 4.69) is 10.1 Å². The van der Waals surface area contributed by atoms with Gasteiger partial charge in [-0.15, -0.1) is 0 Å². The molecule has 17 heavy (non-hydrogen) atoms. The molecule has 0 radical (unpaired) electrons. The van der Waals surface area contributed by atoms with Crippen LogP contribution in [0.3, 0.4) is 0 Å². The third-order valence-electron chi connectivity index (χ3n) is 2.54. The van der Waals surface area contributed by atoms with Crippen LogP contribution in [0.1, 0.15) is 11.3 Å². The molecular weight excluding hydrogens is 214 g/mol. The van der Waals surface area contributed by atoms with Gasteiger partial charge in [-0.1, -0.05) is 18.2 Å². The number of nitrogens with zero attached hydrogens (tertiary/aromatic N) is 3. The average Bonchev–Trinajstić information content (AvgIpc) is 2.76. The largest absolute Gasteiger partial charge is 0.496 e. The molecule has 1 heterocycles. The molecule has 88 valence electrons. The van der Waals surface area contributed by atoms with Crippen LogP contribution in [0.2, 0.25) is 0 Å². The van der Waals surface area contributed by atoms with Gasteiger partial charge < -0.3 is 4.74 Å². The Morgan fingerprint density at radius 3 is 2.88 bits per heavy atom. The van der Waals surface area contributed by atoms with E-state index >= 15 is 0 Å². The number of hydrogen-bond donors (Lipinski definition) is 0. The molecule has 1 aromatic heterocycles. The van der Waals surface area contributed by atoms with Crippen LogP contribution < -0.4 is 4.74 Å². The van der Waals surface area contributed by atoms with Gasteiger partial charge in [-0.2, -0.15) is 5.10 Å². The highest BCUT2D eigenvalue weighted by Gasteiger charge is 1.99. The second-order valence-corrected chi connectivity index (χ2v) is 3.66. The summed E-state index contributed by atoms with van der Waals surface area (Å²) in [6.07, 6.45) is 3.57. The summed E-state index contributed by atoms with van der Waals surface area (Å²) in [5.74, 6) is 0.870. The van der Waals surface area contributed by atoms with Crippen molar-refractivity contribution in [2.24, 2.45) is 12.0 Å². The SMILES string of the molecule is COc1ccccc1CN=Cc1ccnn1C. The first kappa shape index (κ1) is 11.4. The Balaban J connectivity index is 2.07. The molecule has 0 saturated heterocycles. The van der Waals surface area contributed by atoms with Crippen molar-refractivity contribution in [2.75, 3.05) is 7.11 Å². The zero-order valence-electron chi connectivity index (χ0n) is 10.00. The van der Waals surface area contributed by atoms with Crippen molar-refractivity contribution >= 4 is 6.21 Å². The molecule has 0 atom stereocenters. The molecule has 0 unspecified atom stereocenters. The van der Waals surface area contributed by atoms with Gasteiger partial charge in [0.05, 0.1) is 19.3 Å². The van der Waals surface area contributed by atoms with Crippen molar-refractivity contribution in [1.29, 1.82) is 0 Å². The summed E-state index contributed by atoms with van der Waals surface area (Å²) in [7, 11) is 3.56. The second kappa shape index (κ2) is 5.30. The fraction of sp³-hybridized carbons (Fsp3) is 0.231. The molecule has 0 aliphatic carbocycles. The number of aromatic nitrogens is 2. The van der Waals surface area contributed by atoms with E-state index in [4.69, 9.17) is 4.74 Å². The number of rotatable bonds is 4. The molecule has 2 rings (SSSR count). The van der Waals surface area contributed by atoms with E-state index in [1.165, 1.54) is 0 Å². The van der Waals surface area contributed by atoms with Crippen LogP contribution in [0.4, 0.5) is 0 Å². The summed E-state index contributed by atoms with van der Waals surface area (Å²) >= 11 is 0. The molecule has 0 spiro atoms. The maximum Gasteiger partial charge on any atom is 0.123 e. The number of methoxy groups -OCH3 is 1. The van der Waals surface area contributed by atoms with Gasteiger partial charge in [0.1, 0.15) is 5.75 Å². The van der Waals surface area contributed by atoms with Gasteiger partial charge in [0.2, 0.25) is 0 Å². The normalized spacial score (nSPS) is 10.9. The number of hydrogen-bond acceptors (Lipinski definition) is 3. The van der Waals surface area contributed by atoms with E-state index in [0.29, 0.717) is 6.54 Å². The van der Waals surface area contributed by atoms with E-state index in [1.54, 1.807) is 18.0 Å². The van der Waals surface area contributed by atoms with Gasteiger partial charge in [-0.25, -0.2) is 0 Å². The zero-order valence-corrected chi connectivity index (χ0v) is 10.00. The Kier molecular flexibility index (Phi) is 3.55. The summed E-state index contributed by atoms with van der Waals surface area (Å²) < 4.78 is 7.05. The Bertz CT molecular complexity index is 517. The minimum atomic E-state index is 0.606. The molecule has 0 amide bonds. The predicted molar refractivity (Wildman–Crippen MR) is 67.5 cm³/mol. The third-order valence-corrected chi connectivity index (χ3v) is 2.54. The lowest BCUT2D eigenvalue weighted by molar-refractivity contribution is 0.410. The topological polar surface area (TPSA) is 39.4 Å². The highest BCUT2D eigenvalue weighted by Crippen LogP contribution is 2.17. The summed E-state index contributed by atoms with van der Waals surface area (Å²) in [5, 5.41) is 4.08. The highest BCUT2D eigenvalue weighted by atomic mass is 16.5. The number of aliphatic imine (C=N–C) groups is 1. The standard InChI is InChI=1S/C13H15N3O/c1-16-12(7-8-15-16)10-14-9-11-5-3-4-6-13(11)17-2/h3-8,10H,9H2,1-2H3. The lowest BCUT2D eigenvalue weighted by atomic mass is 10.2. The highest BCUT2D eigenvalue weighted by molar-refractivity contribution is 5.77. The van der Waals surface area contributed by atoms with Crippen LogP contribution >= 0.6 is 0 Å². The van der Waals surface area contributed by atoms with Crippen molar-refractivity contribution in [3.8, 4) is 5.75 Å². The van der Waals surface area contributed by atoms with E-state index in [1.807, 2.05) is 43.6 Å². The Labute approximate surface area is 101 Å². The molecule has 4 heteroatoms. The van der Waals surface area contributed by atoms with Gasteiger partial charge in [-0.3, -0.25) is 9.67 Å². The quantitative estimate of drug-likeness (QED) is 0.753. The van der Waals surface area contributed by atoms with Gasteiger partial charge in [-0.05, 0) is 12.1 Å². The van der Waals surface area contributed by atoms with Crippen LogP contribution in [0, 0.1) is 0 Å². The summed E-state index contributed by atoms with van der Waals surface area (Å²) in [6.45, 7) is 0.606. The Morgan fingerprint density at radius 1 is 1.35 bits per heavy atom. The van der Waals surface area contributed by atoms with Gasteiger partial charge in [0.25, 0.3) is 0 Å². The molecule has 0 fully saturated rings. The van der Waals surface area contributed by atoms with E-state index in [0.717, 1.165) is 17.0 Å². The number of benzene rings is 1. The van der Waals surface area contributed by atoms with Crippen LogP contribution in [0.5, 0.6) is 5.75 Å². The zero-order chi connectivity index (χ0) is 12.1. The first-order valence-electron chi connectivity index (χ1n) is 5.41. The predicted octanol–water partition coefficient (Wildman–Crippen LogP) is 2.05. The Hall–Kier alpha value is -2.10. The van der Waals surface area contributed by atoms with E-state index < -0.39 is 0 Å². The first-order valence-corrected chi connectivity index (χ1v) is 5.41. The smallest absolute Gasteiger partial charge is 0.123 e. The van der Waals surface area contributed by atoms with Crippen LogP contribution in [-0.2, 0) is 13.6 Å². The third kappa shape index (κ3) is 2.72. The molecular formula is C13H15N3O. The lowest BCUT2D eigenvalue weighted by Gasteiger charge is -2.04. The fourth-order valence-electron chi connectivity index (χ4n) is 1.58. The van der Waals surface area contributed by atoms with Crippen molar-refractivity contribution in [1.82, 2.24) is 9.78 Å². The number of aryl methyl sites for hydroxylation is 1. The van der Waals surface area contributed by atoms with E-state index in [-0.39, 0.29) is 0 Å². The van der Waals surface area contributed by atoms with Gasteiger partial charge >= 0.3 is 0 Å². The minimum Gasteiger partial charge on any atom is -0.496 e. The van der Waals surface area contributed by atoms with Crippen LogP contribution in [-0.4, -0.2) is 23.1 Å². The molecule has 0 aliphatic heterocycles. The van der Waals surface area contributed by atoms with Crippen molar-refractivity contribution in [3.05, 3.63) is 47.8 Å². The monoisotopic (exact) mass is 229 g/mol.